The normalized spacial score (nSPS) is 11.9. The minimum Gasteiger partial charge on any atom is -0.736 e. The molecule has 0 aromatic heterocycles. The molecule has 0 aromatic carbocycles. The Morgan fingerprint density at radius 1 is 0.917 bits per heavy atom. The van der Waals surface area contributed by atoms with Gasteiger partial charge in [0.1, 0.15) is 5.78 Å². The Morgan fingerprint density at radius 2 is 1.19 bits per heavy atom. The topological polar surface area (TPSA) is 234 Å². The molecule has 1 aliphatic heterocycles. The van der Waals surface area contributed by atoms with Crippen LogP contribution >= 0.6 is 0 Å². The van der Waals surface area contributed by atoms with E-state index in [1.54, 1.807) is 9.80 Å². The fourth-order valence-corrected chi connectivity index (χ4v) is 2.48. The van der Waals surface area contributed by atoms with Gasteiger partial charge in [-0.1, -0.05) is 0 Å². The highest BCUT2D eigenvalue weighted by Gasteiger charge is 2.15. The zero-order valence-corrected chi connectivity index (χ0v) is 23.8. The van der Waals surface area contributed by atoms with Crippen molar-refractivity contribution >= 4 is 38.4 Å². The summed E-state index contributed by atoms with van der Waals surface area (Å²) >= 11 is 0. The molecule has 17 heteroatoms. The van der Waals surface area contributed by atoms with Gasteiger partial charge >= 0.3 is 6.09 Å². The first-order valence-electron chi connectivity index (χ1n) is 11.1. The smallest absolute Gasteiger partial charge is 0.420 e. The van der Waals surface area contributed by atoms with E-state index in [9.17, 15) is 27.4 Å². The van der Waals surface area contributed by atoms with E-state index in [1.807, 2.05) is 0 Å². The number of ketones is 1. The van der Waals surface area contributed by atoms with Crippen LogP contribution < -0.4 is 25.0 Å². The Labute approximate surface area is 215 Å². The Morgan fingerprint density at radius 3 is 1.28 bits per heavy atom. The van der Waals surface area contributed by atoms with Crippen molar-refractivity contribution in [1.29, 1.82) is 0 Å². The third-order valence-corrected chi connectivity index (χ3v) is 4.58. The molecule has 0 saturated carbocycles. The number of hydrogen-bond donors (Lipinski definition) is 5. The monoisotopic (exact) mass is 565 g/mol. The van der Waals surface area contributed by atoms with E-state index in [2.05, 4.69) is 63.3 Å². The summed E-state index contributed by atoms with van der Waals surface area (Å²) in [5, 5.41) is 6.02. The van der Waals surface area contributed by atoms with Gasteiger partial charge in [-0.3, -0.25) is 19.6 Å². The summed E-state index contributed by atoms with van der Waals surface area (Å²) in [6, 6.07) is 0. The molecule has 15 nitrogen and oxygen atoms in total. The number of nitrogens with one attached hydrogen (secondary N) is 4. The standard InChI is InChI=1S/2C6H15N.C4H7NO5S.C3H3NO2.H3NO3S/c2*1-4-7(5-2)6-3;1-3(6)2-4(7)5-11(8,9)10;1-2-4-3(5)6-2;1-5(2,3)4/h2*4-6H2,1-3H3;2H2,1H3,(H,5,7)(H,8,9,10);1H2,(H,4,5);(H3,1,2,3,4). The number of carbonyl (C=O) groups is 3. The first-order valence-corrected chi connectivity index (χ1v) is 14.0. The van der Waals surface area contributed by atoms with Crippen molar-refractivity contribution in [3.05, 3.63) is 12.5 Å². The lowest BCUT2D eigenvalue weighted by Gasteiger charge is -2.14. The number of cyclic esters (lactones) is 1. The van der Waals surface area contributed by atoms with Crippen molar-refractivity contribution in [2.24, 2.45) is 5.14 Å². The molecule has 216 valence electrons. The zero-order chi connectivity index (χ0) is 29.5. The van der Waals surface area contributed by atoms with Gasteiger partial charge < -0.3 is 23.6 Å². The van der Waals surface area contributed by atoms with Gasteiger partial charge in [0, 0.05) is 0 Å². The average Bonchev–Trinajstić information content (AvgIpc) is 2.68. The van der Waals surface area contributed by atoms with Crippen molar-refractivity contribution < 1.29 is 54.9 Å². The van der Waals surface area contributed by atoms with E-state index < -0.39 is 44.8 Å². The molecule has 36 heavy (non-hydrogen) atoms. The molecule has 0 aromatic rings. The van der Waals surface area contributed by atoms with E-state index in [0.717, 1.165) is 11.6 Å². The predicted octanol–water partition coefficient (Wildman–Crippen LogP) is -2.99. The summed E-state index contributed by atoms with van der Waals surface area (Å²) in [5.74, 6) is -1.28. The fraction of sp³-hybridized carbons (Fsp3) is 0.737. The van der Waals surface area contributed by atoms with Crippen molar-refractivity contribution in [1.82, 2.24) is 10.0 Å². The summed E-state index contributed by atoms with van der Waals surface area (Å²) in [4.78, 5) is 33.6. The number of ether oxygens (including phenoxy) is 1. The third-order valence-electron chi connectivity index (χ3n) is 4.11. The van der Waals surface area contributed by atoms with Crippen LogP contribution in [0, 0.1) is 0 Å². The number of Topliss-reactive ketones (excluding diaryl/α,β-unsaturated/α-hetero) is 1. The Kier molecular flexibility index (Phi) is 26.5. The van der Waals surface area contributed by atoms with Crippen LogP contribution in [0.4, 0.5) is 4.79 Å². The second-order valence-corrected chi connectivity index (χ2v) is 9.01. The van der Waals surface area contributed by atoms with Gasteiger partial charge in [-0.2, -0.15) is 0 Å². The lowest BCUT2D eigenvalue weighted by Crippen LogP contribution is -3.11. The van der Waals surface area contributed by atoms with Gasteiger partial charge in [0.05, 0.1) is 45.7 Å². The van der Waals surface area contributed by atoms with Gasteiger partial charge in [0.25, 0.3) is 0 Å². The summed E-state index contributed by atoms with van der Waals surface area (Å²) in [6.45, 7) is 25.3. The van der Waals surface area contributed by atoms with E-state index in [4.69, 9.17) is 13.0 Å². The number of rotatable bonds is 9. The molecule has 1 aliphatic rings. The number of quaternary nitrogens is 2. The van der Waals surface area contributed by atoms with E-state index in [0.29, 0.717) is 5.88 Å². The molecule has 0 unspecified atom stereocenters. The highest BCUT2D eigenvalue weighted by atomic mass is 32.2. The van der Waals surface area contributed by atoms with Gasteiger partial charge in [0.15, 0.2) is 20.6 Å². The lowest BCUT2D eigenvalue weighted by molar-refractivity contribution is -0.894. The molecule has 0 aliphatic carbocycles. The summed E-state index contributed by atoms with van der Waals surface area (Å²) in [6.07, 6.45) is -1.01. The molecule has 1 fully saturated rings. The quantitative estimate of drug-likeness (QED) is 0.140. The molecular weight excluding hydrogens is 522 g/mol. The van der Waals surface area contributed by atoms with Crippen LogP contribution in [-0.4, -0.2) is 83.0 Å². The van der Waals surface area contributed by atoms with Crippen molar-refractivity contribution in [3.8, 4) is 0 Å². The van der Waals surface area contributed by atoms with Crippen molar-refractivity contribution in [3.63, 3.8) is 0 Å². The Balaban J connectivity index is -0.000000183. The maximum atomic E-state index is 10.4. The first kappa shape index (κ1) is 41.0. The molecule has 1 saturated heterocycles. The number of carbonyl (C=O) groups excluding carboxylic acids is 3. The van der Waals surface area contributed by atoms with Gasteiger partial charge in [-0.15, -0.1) is 0 Å². The largest absolute Gasteiger partial charge is 0.736 e. The molecule has 1 heterocycles. The van der Waals surface area contributed by atoms with Crippen LogP contribution in [0.3, 0.4) is 0 Å². The van der Waals surface area contributed by atoms with Crippen LogP contribution in [0.2, 0.25) is 0 Å². The maximum Gasteiger partial charge on any atom is 0.420 e. The molecular formula is C19H43N5O10S2. The van der Waals surface area contributed by atoms with Crippen LogP contribution in [0.15, 0.2) is 12.5 Å². The molecule has 0 atom stereocenters. The lowest BCUT2D eigenvalue weighted by atomic mass is 10.3. The summed E-state index contributed by atoms with van der Waals surface area (Å²) < 4.78 is 61.3. The van der Waals surface area contributed by atoms with Gasteiger partial charge in [-0.05, 0) is 55.0 Å². The fourth-order valence-electron chi connectivity index (χ4n) is 2.13. The minimum absolute atomic E-state index is 0.333. The third kappa shape index (κ3) is 42.0. The highest BCUT2D eigenvalue weighted by Crippen LogP contribution is 1.98. The predicted molar refractivity (Wildman–Crippen MR) is 131 cm³/mol. The second kappa shape index (κ2) is 23.3. The molecule has 0 spiro atoms. The van der Waals surface area contributed by atoms with Crippen molar-refractivity contribution in [2.75, 3.05) is 39.3 Å². The van der Waals surface area contributed by atoms with Crippen LogP contribution in [0.5, 0.6) is 0 Å². The van der Waals surface area contributed by atoms with E-state index >= 15 is 0 Å². The second-order valence-electron chi connectivity index (χ2n) is 6.91. The number of hydrogen-bond acceptors (Lipinski definition) is 10. The van der Waals surface area contributed by atoms with Crippen LogP contribution in [-0.2, 0) is 34.9 Å². The van der Waals surface area contributed by atoms with E-state index in [1.165, 1.54) is 39.3 Å². The van der Waals surface area contributed by atoms with Gasteiger partial charge in [0.2, 0.25) is 11.8 Å². The van der Waals surface area contributed by atoms with Crippen molar-refractivity contribution in [2.45, 2.75) is 54.9 Å². The Hall–Kier alpha value is -2.15. The molecule has 0 radical (unpaired) electrons. The SMILES string of the molecule is C=C1NC(=O)O1.CC(=O)CC(=O)NS(=O)(=O)[O-].CC[NH+](CC)CC.CC[NH+](CC)CC.NS(=O)(=O)[O-]. The molecule has 0 bridgehead atoms. The zero-order valence-electron chi connectivity index (χ0n) is 22.1. The average molecular weight is 566 g/mol. The first-order chi connectivity index (χ1) is 16.3. The van der Waals surface area contributed by atoms with Gasteiger partial charge in [-0.25, -0.2) is 26.8 Å². The summed E-state index contributed by atoms with van der Waals surface area (Å²) in [5.41, 5.74) is 0. The number of nitrogens with two attached hydrogens (primary N) is 1. The van der Waals surface area contributed by atoms with E-state index in [-0.39, 0.29) is 0 Å². The van der Waals surface area contributed by atoms with Crippen LogP contribution in [0.25, 0.3) is 0 Å². The number of amides is 2. The molecule has 6 N–H and O–H groups in total. The summed E-state index contributed by atoms with van der Waals surface area (Å²) in [7, 11) is -9.19. The highest BCUT2D eigenvalue weighted by molar-refractivity contribution is 7.84. The maximum absolute atomic E-state index is 10.4. The van der Waals surface area contributed by atoms with Crippen LogP contribution in [0.1, 0.15) is 54.9 Å². The molecule has 2 amide bonds. The molecule has 1 rings (SSSR count). The Bertz CT molecular complexity index is 788. The minimum atomic E-state index is -4.77.